The summed E-state index contributed by atoms with van der Waals surface area (Å²) in [6.07, 6.45) is 2.61. The maximum atomic E-state index is 12.7. The highest BCUT2D eigenvalue weighted by Crippen LogP contribution is 2.52. The molecule has 1 atom stereocenters. The van der Waals surface area contributed by atoms with Crippen LogP contribution in [0.3, 0.4) is 0 Å². The van der Waals surface area contributed by atoms with Crippen LogP contribution in [0.25, 0.3) is 0 Å². The van der Waals surface area contributed by atoms with Crippen molar-refractivity contribution in [3.8, 4) is 0 Å². The number of halogens is 2. The van der Waals surface area contributed by atoms with Crippen molar-refractivity contribution in [3.63, 3.8) is 0 Å². The smallest absolute Gasteiger partial charge is 0.287 e. The first kappa shape index (κ1) is 19.8. The van der Waals surface area contributed by atoms with E-state index in [1.54, 1.807) is 13.8 Å². The highest BCUT2D eigenvalue weighted by molar-refractivity contribution is 9.11. The number of hydrogen-bond acceptors (Lipinski definition) is 6. The predicted octanol–water partition coefficient (Wildman–Crippen LogP) is 4.74. The van der Waals surface area contributed by atoms with Gasteiger partial charge in [-0.05, 0) is 31.5 Å². The van der Waals surface area contributed by atoms with Crippen LogP contribution < -0.4 is 0 Å². The molecular formula is C14H18Br2N3O4P. The molecule has 24 heavy (non-hydrogen) atoms. The van der Waals surface area contributed by atoms with Gasteiger partial charge in [-0.1, -0.05) is 37.9 Å². The Kier molecular flexibility index (Phi) is 7.59. The molecule has 1 aromatic carbocycles. The van der Waals surface area contributed by atoms with Crippen LogP contribution in [-0.4, -0.2) is 28.0 Å². The van der Waals surface area contributed by atoms with Gasteiger partial charge in [0.05, 0.1) is 13.2 Å². The Morgan fingerprint density at radius 1 is 1.25 bits per heavy atom. The molecule has 0 fully saturated rings. The van der Waals surface area contributed by atoms with E-state index in [-0.39, 0.29) is 13.2 Å². The fraction of sp³-hybridized carbons (Fsp3) is 0.429. The number of nitrogens with zero attached hydrogens (tertiary/aromatic N) is 3. The molecule has 0 amide bonds. The van der Waals surface area contributed by atoms with Crippen molar-refractivity contribution in [2.75, 3.05) is 13.2 Å². The molecule has 1 heterocycles. The van der Waals surface area contributed by atoms with Crippen molar-refractivity contribution in [2.45, 2.75) is 26.5 Å². The molecule has 0 spiro atoms. The van der Waals surface area contributed by atoms with Crippen molar-refractivity contribution >= 4 is 39.7 Å². The van der Waals surface area contributed by atoms with Crippen LogP contribution in [0, 0.1) is 0 Å². The molecule has 7 nitrogen and oxygen atoms in total. The summed E-state index contributed by atoms with van der Waals surface area (Å²) in [6, 6.07) is 5.79. The van der Waals surface area contributed by atoms with E-state index in [0.717, 1.165) is 14.5 Å². The van der Waals surface area contributed by atoms with Crippen LogP contribution in [0.4, 0.5) is 0 Å². The van der Waals surface area contributed by atoms with Gasteiger partial charge in [0.2, 0.25) is 0 Å². The van der Waals surface area contributed by atoms with Gasteiger partial charge in [-0.25, -0.2) is 14.2 Å². The van der Waals surface area contributed by atoms with E-state index in [1.165, 1.54) is 17.3 Å². The second-order valence-corrected chi connectivity index (χ2v) is 8.05. The van der Waals surface area contributed by atoms with Gasteiger partial charge in [-0.3, -0.25) is 13.6 Å². The van der Waals surface area contributed by atoms with Crippen LogP contribution in [0.15, 0.2) is 39.8 Å². The van der Waals surface area contributed by atoms with Gasteiger partial charge in [-0.15, -0.1) is 0 Å². The first-order chi connectivity index (χ1) is 11.5. The quantitative estimate of drug-likeness (QED) is 0.480. The molecule has 1 aromatic heterocycles. The minimum absolute atomic E-state index is 0.212. The average Bonchev–Trinajstić information content (AvgIpc) is 3.04. The first-order valence-corrected chi connectivity index (χ1v) is 10.4. The lowest BCUT2D eigenvalue weighted by Crippen LogP contribution is -2.17. The normalized spacial score (nSPS) is 13.2. The van der Waals surface area contributed by atoms with Gasteiger partial charge in [0.15, 0.2) is 6.23 Å². The van der Waals surface area contributed by atoms with Crippen molar-refractivity contribution in [3.05, 3.63) is 45.4 Å². The van der Waals surface area contributed by atoms with Gasteiger partial charge in [0.1, 0.15) is 12.7 Å². The topological polar surface area (TPSA) is 75.5 Å². The zero-order valence-electron chi connectivity index (χ0n) is 13.3. The summed E-state index contributed by atoms with van der Waals surface area (Å²) in [6.45, 7) is 3.88. The fourth-order valence-electron chi connectivity index (χ4n) is 1.98. The Balaban J connectivity index is 2.27. The van der Waals surface area contributed by atoms with Gasteiger partial charge < -0.3 is 0 Å². The number of hydrogen-bond donors (Lipinski definition) is 0. The van der Waals surface area contributed by atoms with E-state index in [1.807, 2.05) is 18.2 Å². The second-order valence-electron chi connectivity index (χ2n) is 4.66. The number of aromatic nitrogens is 3. The minimum atomic E-state index is -3.69. The molecule has 132 valence electrons. The zero-order chi connectivity index (χ0) is 17.6. The molecule has 0 radical (unpaired) electrons. The monoisotopic (exact) mass is 481 g/mol. The van der Waals surface area contributed by atoms with Crippen molar-refractivity contribution in [2.24, 2.45) is 0 Å². The Morgan fingerprint density at radius 3 is 2.50 bits per heavy atom. The van der Waals surface area contributed by atoms with Gasteiger partial charge in [0, 0.05) is 15.4 Å². The van der Waals surface area contributed by atoms with Crippen LogP contribution in [0.1, 0.15) is 25.6 Å². The highest BCUT2D eigenvalue weighted by Gasteiger charge is 2.31. The number of phosphoric ester groups is 1. The molecule has 0 aliphatic heterocycles. The maximum absolute atomic E-state index is 12.7. The van der Waals surface area contributed by atoms with Crippen molar-refractivity contribution in [1.29, 1.82) is 0 Å². The third kappa shape index (κ3) is 5.47. The molecule has 0 unspecified atom stereocenters. The Hall–Kier alpha value is -0.570. The molecule has 0 aliphatic carbocycles. The molecule has 0 saturated carbocycles. The van der Waals surface area contributed by atoms with Crippen LogP contribution in [-0.2, 0) is 24.6 Å². The fourth-order valence-corrected chi connectivity index (χ4v) is 4.49. The summed E-state index contributed by atoms with van der Waals surface area (Å²) in [7, 11) is -3.69. The third-order valence-electron chi connectivity index (χ3n) is 2.97. The Bertz CT molecular complexity index is 689. The molecule has 0 N–H and O–H groups in total. The maximum Gasteiger partial charge on any atom is 0.476 e. The molecule has 2 aromatic rings. The second kappa shape index (κ2) is 9.22. The summed E-state index contributed by atoms with van der Waals surface area (Å²) in [5.74, 6) is 0. The van der Waals surface area contributed by atoms with Crippen molar-refractivity contribution in [1.82, 2.24) is 14.8 Å². The minimum Gasteiger partial charge on any atom is -0.287 e. The van der Waals surface area contributed by atoms with E-state index in [0.29, 0.717) is 6.42 Å². The first-order valence-electron chi connectivity index (χ1n) is 7.33. The lowest BCUT2D eigenvalue weighted by molar-refractivity contribution is 0.0426. The summed E-state index contributed by atoms with van der Waals surface area (Å²) in [5, 5.41) is 4.09. The average molecular weight is 483 g/mol. The molecule has 2 rings (SSSR count). The van der Waals surface area contributed by atoms with Crippen LogP contribution in [0.2, 0.25) is 0 Å². The summed E-state index contributed by atoms with van der Waals surface area (Å²) >= 11 is 6.94. The number of phosphoric acid groups is 1. The summed E-state index contributed by atoms with van der Waals surface area (Å²) in [5.41, 5.74) is 0.957. The largest absolute Gasteiger partial charge is 0.476 e. The number of benzene rings is 1. The molecule has 10 heteroatoms. The third-order valence-corrected chi connectivity index (χ3v) is 5.85. The Morgan fingerprint density at radius 2 is 1.96 bits per heavy atom. The van der Waals surface area contributed by atoms with Gasteiger partial charge in [-0.2, -0.15) is 5.10 Å². The Labute approximate surface area is 157 Å². The van der Waals surface area contributed by atoms with Crippen LogP contribution in [0.5, 0.6) is 0 Å². The lowest BCUT2D eigenvalue weighted by Gasteiger charge is -2.23. The molecule has 0 bridgehead atoms. The van der Waals surface area contributed by atoms with Gasteiger partial charge in [0.25, 0.3) is 0 Å². The standard InChI is InChI=1S/C14H18Br2N3O4P/c1-3-21-24(20,22-4-2)23-14(19-10-17-9-18-19)7-11-5-6-12(15)8-13(11)16/h5-6,8-10,14H,3-4,7H2,1-2H3/t14-/m1/s1. The van der Waals surface area contributed by atoms with Gasteiger partial charge >= 0.3 is 7.82 Å². The van der Waals surface area contributed by atoms with E-state index >= 15 is 0 Å². The van der Waals surface area contributed by atoms with E-state index in [4.69, 9.17) is 13.6 Å². The van der Waals surface area contributed by atoms with E-state index in [9.17, 15) is 4.57 Å². The summed E-state index contributed by atoms with van der Waals surface area (Å²) < 4.78 is 32.2. The van der Waals surface area contributed by atoms with Crippen LogP contribution >= 0.6 is 39.7 Å². The van der Waals surface area contributed by atoms with Crippen molar-refractivity contribution < 1.29 is 18.1 Å². The zero-order valence-corrected chi connectivity index (χ0v) is 17.3. The predicted molar refractivity (Wildman–Crippen MR) is 96.5 cm³/mol. The van der Waals surface area contributed by atoms with E-state index in [2.05, 4.69) is 41.9 Å². The lowest BCUT2D eigenvalue weighted by atomic mass is 10.1. The van der Waals surface area contributed by atoms with E-state index < -0.39 is 14.1 Å². The molecule has 0 aliphatic rings. The molecule has 0 saturated heterocycles. The molecular weight excluding hydrogens is 465 g/mol. The highest BCUT2D eigenvalue weighted by atomic mass is 79.9. The SMILES string of the molecule is CCOP(=O)(OCC)O[C@H](Cc1ccc(Br)cc1Br)n1cncn1. The summed E-state index contributed by atoms with van der Waals surface area (Å²) in [4.78, 5) is 3.92. The number of rotatable bonds is 9.